The summed E-state index contributed by atoms with van der Waals surface area (Å²) in [6, 6.07) is 18.7. The molecule has 2 heteroatoms. The molecule has 1 atom stereocenters. The van der Waals surface area contributed by atoms with Crippen molar-refractivity contribution in [1.82, 2.24) is 5.32 Å². The first-order valence-electron chi connectivity index (χ1n) is 7.75. The van der Waals surface area contributed by atoms with Gasteiger partial charge in [-0.2, -0.15) is 0 Å². The molecule has 1 N–H and O–H groups in total. The second kappa shape index (κ2) is 7.84. The summed E-state index contributed by atoms with van der Waals surface area (Å²) < 4.78 is 5.83. The smallest absolute Gasteiger partial charge is 0.127 e. The predicted molar refractivity (Wildman–Crippen MR) is 88.8 cm³/mol. The van der Waals surface area contributed by atoms with Gasteiger partial charge < -0.3 is 10.1 Å². The van der Waals surface area contributed by atoms with E-state index in [1.165, 1.54) is 5.56 Å². The molecule has 0 radical (unpaired) electrons. The molecule has 2 aromatic carbocycles. The summed E-state index contributed by atoms with van der Waals surface area (Å²) in [6.07, 6.45) is 1.15. The van der Waals surface area contributed by atoms with Gasteiger partial charge in [-0.3, -0.25) is 0 Å². The minimum absolute atomic E-state index is 0.417. The van der Waals surface area contributed by atoms with E-state index in [0.717, 1.165) is 24.5 Å². The van der Waals surface area contributed by atoms with E-state index in [1.807, 2.05) is 42.5 Å². The monoisotopic (exact) mass is 283 g/mol. The molecule has 0 saturated carbocycles. The van der Waals surface area contributed by atoms with Crippen molar-refractivity contribution in [3.63, 3.8) is 0 Å². The lowest BCUT2D eigenvalue weighted by Gasteiger charge is -2.20. The molecule has 2 nitrogen and oxygen atoms in total. The van der Waals surface area contributed by atoms with Crippen LogP contribution in [-0.2, 0) is 0 Å². The molecule has 0 heterocycles. The molecule has 1 unspecified atom stereocenters. The topological polar surface area (TPSA) is 21.3 Å². The normalized spacial score (nSPS) is 12.4. The molecule has 0 saturated heterocycles. The average molecular weight is 283 g/mol. The predicted octanol–water partition coefficient (Wildman–Crippen LogP) is 5.18. The molecule has 0 bridgehead atoms. The molecule has 2 aromatic rings. The maximum atomic E-state index is 5.83. The molecular weight excluding hydrogens is 258 g/mol. The van der Waals surface area contributed by atoms with Gasteiger partial charge in [0.1, 0.15) is 11.5 Å². The molecule has 0 aromatic heterocycles. The Bertz CT molecular complexity index is 519. The van der Waals surface area contributed by atoms with Crippen LogP contribution in [0.25, 0.3) is 0 Å². The van der Waals surface area contributed by atoms with Crippen LogP contribution in [0.4, 0.5) is 0 Å². The van der Waals surface area contributed by atoms with E-state index in [-0.39, 0.29) is 0 Å². The Morgan fingerprint density at radius 2 is 1.52 bits per heavy atom. The number of rotatable bonds is 7. The average Bonchev–Trinajstić information content (AvgIpc) is 2.48. The van der Waals surface area contributed by atoms with Crippen molar-refractivity contribution in [3.05, 3.63) is 60.2 Å². The minimum Gasteiger partial charge on any atom is -0.457 e. The maximum Gasteiger partial charge on any atom is 0.127 e. The first-order valence-corrected chi connectivity index (χ1v) is 7.75. The summed E-state index contributed by atoms with van der Waals surface area (Å²) in [7, 11) is 0. The zero-order valence-electron chi connectivity index (χ0n) is 13.2. The molecule has 112 valence electrons. The van der Waals surface area contributed by atoms with Gasteiger partial charge in [-0.15, -0.1) is 0 Å². The van der Waals surface area contributed by atoms with Crippen LogP contribution in [0.15, 0.2) is 54.6 Å². The Morgan fingerprint density at radius 3 is 2.10 bits per heavy atom. The van der Waals surface area contributed by atoms with Gasteiger partial charge in [0.15, 0.2) is 0 Å². The zero-order chi connectivity index (χ0) is 15.1. The Kier molecular flexibility index (Phi) is 5.82. The van der Waals surface area contributed by atoms with Crippen LogP contribution in [0.2, 0.25) is 0 Å². The number of ether oxygens (including phenoxy) is 1. The van der Waals surface area contributed by atoms with Crippen LogP contribution in [0.5, 0.6) is 11.5 Å². The Labute approximate surface area is 128 Å². The van der Waals surface area contributed by atoms with Crippen LogP contribution in [0.3, 0.4) is 0 Å². The van der Waals surface area contributed by atoms with Gasteiger partial charge in [0, 0.05) is 6.04 Å². The molecule has 2 rings (SSSR count). The van der Waals surface area contributed by atoms with Crippen molar-refractivity contribution < 1.29 is 4.74 Å². The van der Waals surface area contributed by atoms with E-state index in [1.54, 1.807) is 0 Å². The molecule has 0 spiro atoms. The highest BCUT2D eigenvalue weighted by molar-refractivity contribution is 5.33. The van der Waals surface area contributed by atoms with Crippen LogP contribution in [0, 0.1) is 5.92 Å². The molecule has 0 aliphatic carbocycles. The Morgan fingerprint density at radius 1 is 0.905 bits per heavy atom. The first kappa shape index (κ1) is 15.6. The fourth-order valence-electron chi connectivity index (χ4n) is 2.45. The van der Waals surface area contributed by atoms with E-state index < -0.39 is 0 Å². The molecule has 0 amide bonds. The van der Waals surface area contributed by atoms with Crippen molar-refractivity contribution in [2.24, 2.45) is 5.92 Å². The lowest BCUT2D eigenvalue weighted by molar-refractivity contribution is 0.437. The highest BCUT2D eigenvalue weighted by atomic mass is 16.5. The van der Waals surface area contributed by atoms with Crippen LogP contribution in [-0.4, -0.2) is 6.54 Å². The third-order valence-corrected chi connectivity index (χ3v) is 3.42. The highest BCUT2D eigenvalue weighted by Crippen LogP contribution is 2.26. The van der Waals surface area contributed by atoms with Crippen LogP contribution in [0.1, 0.15) is 38.8 Å². The summed E-state index contributed by atoms with van der Waals surface area (Å²) in [5, 5.41) is 3.56. The lowest BCUT2D eigenvalue weighted by Crippen LogP contribution is -2.22. The second-order valence-electron chi connectivity index (χ2n) is 5.72. The number of hydrogen-bond donors (Lipinski definition) is 1. The fourth-order valence-corrected chi connectivity index (χ4v) is 2.45. The molecule has 21 heavy (non-hydrogen) atoms. The first-order chi connectivity index (χ1) is 10.2. The summed E-state index contributed by atoms with van der Waals surface area (Å²) in [5.74, 6) is 2.43. The largest absolute Gasteiger partial charge is 0.457 e. The lowest BCUT2D eigenvalue weighted by atomic mass is 9.97. The number of benzene rings is 2. The third-order valence-electron chi connectivity index (χ3n) is 3.42. The summed E-state index contributed by atoms with van der Waals surface area (Å²) in [4.78, 5) is 0. The van der Waals surface area contributed by atoms with Gasteiger partial charge in [0.05, 0.1) is 0 Å². The van der Waals surface area contributed by atoms with E-state index in [4.69, 9.17) is 4.74 Å². The van der Waals surface area contributed by atoms with Gasteiger partial charge in [-0.05, 0) is 48.7 Å². The van der Waals surface area contributed by atoms with Gasteiger partial charge in [0.2, 0.25) is 0 Å². The van der Waals surface area contributed by atoms with E-state index in [0.29, 0.717) is 12.0 Å². The van der Waals surface area contributed by atoms with Gasteiger partial charge in [-0.25, -0.2) is 0 Å². The Hall–Kier alpha value is -1.80. The fraction of sp³-hybridized carbons (Fsp3) is 0.368. The van der Waals surface area contributed by atoms with Crippen LogP contribution >= 0.6 is 0 Å². The van der Waals surface area contributed by atoms with Gasteiger partial charge >= 0.3 is 0 Å². The molecule has 0 aliphatic rings. The zero-order valence-corrected chi connectivity index (χ0v) is 13.2. The van der Waals surface area contributed by atoms with Crippen LogP contribution < -0.4 is 10.1 Å². The van der Waals surface area contributed by atoms with Crippen molar-refractivity contribution in [2.45, 2.75) is 33.2 Å². The van der Waals surface area contributed by atoms with Crippen molar-refractivity contribution in [2.75, 3.05) is 6.54 Å². The highest BCUT2D eigenvalue weighted by Gasteiger charge is 2.12. The number of para-hydroxylation sites is 1. The van der Waals surface area contributed by atoms with Gasteiger partial charge in [0.25, 0.3) is 0 Å². The quantitative estimate of drug-likeness (QED) is 0.756. The van der Waals surface area contributed by atoms with Gasteiger partial charge in [-0.1, -0.05) is 51.1 Å². The maximum absolute atomic E-state index is 5.83. The van der Waals surface area contributed by atoms with Crippen molar-refractivity contribution >= 4 is 0 Å². The molecular formula is C19H25NO. The Balaban J connectivity index is 2.06. The van der Waals surface area contributed by atoms with E-state index in [2.05, 4.69) is 38.2 Å². The number of nitrogens with one attached hydrogen (secondary N) is 1. The minimum atomic E-state index is 0.417. The summed E-state index contributed by atoms with van der Waals surface area (Å²) in [5.41, 5.74) is 1.32. The van der Waals surface area contributed by atoms with E-state index in [9.17, 15) is 0 Å². The molecule has 0 fully saturated rings. The SMILES string of the molecule is CCNC(CC(C)C)c1ccc(Oc2ccccc2)cc1. The summed E-state index contributed by atoms with van der Waals surface area (Å²) in [6.45, 7) is 7.66. The molecule has 0 aliphatic heterocycles. The van der Waals surface area contributed by atoms with Crippen molar-refractivity contribution in [3.8, 4) is 11.5 Å². The number of hydrogen-bond acceptors (Lipinski definition) is 2. The summed E-state index contributed by atoms with van der Waals surface area (Å²) >= 11 is 0. The third kappa shape index (κ3) is 4.91. The van der Waals surface area contributed by atoms with E-state index >= 15 is 0 Å². The second-order valence-corrected chi connectivity index (χ2v) is 5.72. The standard InChI is InChI=1S/C19H25NO/c1-4-20-19(14-15(2)3)16-10-12-18(13-11-16)21-17-8-6-5-7-9-17/h5-13,15,19-20H,4,14H2,1-3H3. The van der Waals surface area contributed by atoms with Crippen molar-refractivity contribution in [1.29, 1.82) is 0 Å².